The number of urea groups is 1. The zero-order chi connectivity index (χ0) is 16.2. The van der Waals surface area contributed by atoms with E-state index in [1.807, 2.05) is 18.2 Å². The van der Waals surface area contributed by atoms with Crippen LogP contribution < -0.4 is 16.0 Å². The molecule has 2 aromatic rings. The number of rotatable bonds is 5. The summed E-state index contributed by atoms with van der Waals surface area (Å²) in [5.74, 6) is 0.954. The molecule has 0 spiro atoms. The molecule has 0 atom stereocenters. The van der Waals surface area contributed by atoms with Gasteiger partial charge in [0.15, 0.2) is 0 Å². The fourth-order valence-electron chi connectivity index (χ4n) is 1.78. The fourth-order valence-corrected chi connectivity index (χ4v) is 2.68. The zero-order valence-corrected chi connectivity index (χ0v) is 15.8. The number of ether oxygens (including phenoxy) is 1. The first kappa shape index (κ1) is 19.2. The van der Waals surface area contributed by atoms with E-state index in [2.05, 4.69) is 42.1 Å². The number of carbonyl (C=O) groups is 1. The molecule has 0 saturated heterocycles. The molecule has 4 N–H and O–H groups in total. The summed E-state index contributed by atoms with van der Waals surface area (Å²) in [5.41, 5.74) is 8.09. The molecule has 2 rings (SSSR count). The van der Waals surface area contributed by atoms with E-state index in [0.29, 0.717) is 6.61 Å². The van der Waals surface area contributed by atoms with Gasteiger partial charge in [-0.2, -0.15) is 0 Å². The predicted molar refractivity (Wildman–Crippen MR) is 86.0 cm³/mol. The van der Waals surface area contributed by atoms with Crippen LogP contribution in [-0.2, 0) is 13.0 Å². The molecular formula is C16H19KN2O3. The third kappa shape index (κ3) is 8.53. The topological polar surface area (TPSA) is 84.6 Å². The van der Waals surface area contributed by atoms with Crippen molar-refractivity contribution in [3.05, 3.63) is 65.7 Å². The summed E-state index contributed by atoms with van der Waals surface area (Å²) in [5, 5.41) is 7.42. The maximum atomic E-state index is 9.23. The second kappa shape index (κ2) is 11.6. The molecule has 0 radical (unpaired) electrons. The molecule has 2 aromatic carbocycles. The van der Waals surface area contributed by atoms with Crippen molar-refractivity contribution in [3.63, 3.8) is 0 Å². The molecule has 0 aliphatic rings. The normalized spacial score (nSPS) is 9.41. The Balaban J connectivity index is 0.000000422. The Hall–Kier alpha value is -0.894. The summed E-state index contributed by atoms with van der Waals surface area (Å²) in [6.07, 6.45) is 1.22. The third-order valence-corrected chi connectivity index (χ3v) is 3.60. The molecule has 6 heteroatoms. The summed E-state index contributed by atoms with van der Waals surface area (Å²) in [7, 11) is 0. The number of benzene rings is 2. The van der Waals surface area contributed by atoms with E-state index < -0.39 is 6.03 Å². The van der Waals surface area contributed by atoms with E-state index in [-0.39, 0.29) is 0 Å². The Morgan fingerprint density at radius 1 is 1.09 bits per heavy atom. The van der Waals surface area contributed by atoms with Gasteiger partial charge in [0.25, 0.3) is 0 Å². The van der Waals surface area contributed by atoms with E-state index in [1.165, 1.54) is 23.5 Å². The summed E-state index contributed by atoms with van der Waals surface area (Å²) >= 11 is 0.954. The second-order valence-electron chi connectivity index (χ2n) is 4.64. The van der Waals surface area contributed by atoms with Crippen LogP contribution in [0.1, 0.15) is 11.1 Å². The minimum atomic E-state index is -0.940. The van der Waals surface area contributed by atoms with E-state index in [1.54, 1.807) is 0 Å². The molecule has 112 valence electrons. The molecule has 0 aromatic heterocycles. The van der Waals surface area contributed by atoms with Gasteiger partial charge in [0, 0.05) is 0 Å². The first-order chi connectivity index (χ1) is 10.7. The minimum absolute atomic E-state index is 0.642. The number of amides is 2. The average molecular weight is 326 g/mol. The van der Waals surface area contributed by atoms with Crippen LogP contribution >= 0.6 is 0 Å². The third-order valence-electron chi connectivity index (χ3n) is 2.82. The number of hydrogen-bond donors (Lipinski definition) is 3. The first-order valence-electron chi connectivity index (χ1n) is 7.11. The zero-order valence-electron chi connectivity index (χ0n) is 12.7. The Morgan fingerprint density at radius 2 is 1.68 bits per heavy atom. The van der Waals surface area contributed by atoms with Crippen molar-refractivity contribution < 1.29 is 14.7 Å². The van der Waals surface area contributed by atoms with Gasteiger partial charge in [-0.25, -0.2) is 10.3 Å². The van der Waals surface area contributed by atoms with Crippen molar-refractivity contribution >= 4 is 55.0 Å². The summed E-state index contributed by atoms with van der Waals surface area (Å²) in [6.45, 7) is 0.642. The quantitative estimate of drug-likeness (QED) is 0.448. The molecule has 0 aliphatic heterocycles. The number of nitrogens with one attached hydrogen (secondary N) is 1. The van der Waals surface area contributed by atoms with Gasteiger partial charge in [0.2, 0.25) is 0 Å². The first-order valence-corrected chi connectivity index (χ1v) is 9.31. The van der Waals surface area contributed by atoms with Crippen LogP contribution in [0.3, 0.4) is 0 Å². The number of primary amides is 1. The van der Waals surface area contributed by atoms with E-state index >= 15 is 0 Å². The van der Waals surface area contributed by atoms with Crippen molar-refractivity contribution in [2.75, 3.05) is 0 Å². The fraction of sp³-hybridized carbons (Fsp3) is 0.188. The Kier molecular flexibility index (Phi) is 10.1. The van der Waals surface area contributed by atoms with Crippen molar-refractivity contribution in [2.24, 2.45) is 5.73 Å². The molecule has 0 bridgehead atoms. The summed E-state index contributed by atoms with van der Waals surface area (Å²) < 4.78 is 7.11. The van der Waals surface area contributed by atoms with E-state index in [9.17, 15) is 4.79 Å². The monoisotopic (exact) mass is 326 g/mol. The van der Waals surface area contributed by atoms with Crippen molar-refractivity contribution in [1.29, 1.82) is 0 Å². The molecule has 2 amide bonds. The summed E-state index contributed by atoms with van der Waals surface area (Å²) in [4.78, 5) is 9.23. The van der Waals surface area contributed by atoms with Gasteiger partial charge in [0.1, 0.15) is 0 Å². The van der Waals surface area contributed by atoms with Crippen LogP contribution in [0.25, 0.3) is 0 Å². The predicted octanol–water partition coefficient (Wildman–Crippen LogP) is 2.44. The molecule has 22 heavy (non-hydrogen) atoms. The number of carbonyl (C=O) groups excluding carboxylic acids is 1. The molecule has 0 heterocycles. The van der Waals surface area contributed by atoms with Crippen LogP contribution in [0.4, 0.5) is 4.79 Å². The number of nitrogens with two attached hydrogens (primary N) is 1. The van der Waals surface area contributed by atoms with Crippen molar-refractivity contribution in [2.45, 2.75) is 13.5 Å². The molecule has 0 unspecified atom stereocenters. The van der Waals surface area contributed by atoms with Crippen LogP contribution in [0.2, 0.25) is 0.515 Å². The SMILES string of the molecule is NC(=O)NO.[K][CH2]Cc1ccc(OCc2ccccc2)cc1. The van der Waals surface area contributed by atoms with Gasteiger partial charge < -0.3 is 5.73 Å². The average Bonchev–Trinajstić information content (AvgIpc) is 2.56. The van der Waals surface area contributed by atoms with Crippen molar-refractivity contribution in [3.8, 4) is 5.75 Å². The Labute approximate surface area is 164 Å². The van der Waals surface area contributed by atoms with Gasteiger partial charge in [0.05, 0.1) is 0 Å². The van der Waals surface area contributed by atoms with Crippen LogP contribution in [0.15, 0.2) is 54.6 Å². The molecular weight excluding hydrogens is 307 g/mol. The molecule has 0 saturated carbocycles. The number of aryl methyl sites for hydroxylation is 1. The summed E-state index contributed by atoms with van der Waals surface area (Å²) in [6, 6.07) is 17.8. The van der Waals surface area contributed by atoms with Crippen LogP contribution in [0, 0.1) is 0 Å². The Morgan fingerprint density at radius 3 is 2.18 bits per heavy atom. The van der Waals surface area contributed by atoms with Gasteiger partial charge in [-0.05, 0) is 0 Å². The van der Waals surface area contributed by atoms with E-state index in [4.69, 9.17) is 9.94 Å². The van der Waals surface area contributed by atoms with Crippen LogP contribution in [-0.4, -0.2) is 60.2 Å². The number of hydrogen-bond acceptors (Lipinski definition) is 3. The molecule has 0 aliphatic carbocycles. The van der Waals surface area contributed by atoms with Gasteiger partial charge >= 0.3 is 145 Å². The van der Waals surface area contributed by atoms with Crippen LogP contribution in [0.5, 0.6) is 5.75 Å². The number of hydroxylamine groups is 1. The second-order valence-corrected chi connectivity index (χ2v) is 6.21. The van der Waals surface area contributed by atoms with Gasteiger partial charge in [-0.3, -0.25) is 5.21 Å². The Bertz CT molecular complexity index is 547. The van der Waals surface area contributed by atoms with E-state index in [0.717, 1.165) is 54.7 Å². The standard InChI is InChI=1S/C15H15O.CH4N2O2.K/c1-2-13-8-10-15(11-9-13)16-12-14-6-4-3-5-7-14;2-1(4)3-5;/h3-11H,1-2,12H2;5H,(H3,2,3,4);. The maximum absolute atomic E-state index is 9.23. The molecule has 5 nitrogen and oxygen atoms in total. The molecule has 0 fully saturated rings. The van der Waals surface area contributed by atoms with Gasteiger partial charge in [-0.1, -0.05) is 0 Å². The van der Waals surface area contributed by atoms with Crippen molar-refractivity contribution in [1.82, 2.24) is 5.48 Å². The van der Waals surface area contributed by atoms with Gasteiger partial charge in [-0.15, -0.1) is 0 Å².